The maximum Gasteiger partial charge on any atom is 0.161 e. The van der Waals surface area contributed by atoms with Gasteiger partial charge in [0.05, 0.1) is 7.11 Å². The molecule has 0 radical (unpaired) electrons. The standard InChI is InChI=1S/C22H30N2O2/c1-3-7-18-10-11-21(22(16-18)25-2)26-15-14-24-13-5-4-9-20(24)19-8-6-12-23-17-19/h6,8,10-12,16-17,20H,3-5,7,9,13-15H2,1-2H3/t20-/m0/s1. The van der Waals surface area contributed by atoms with E-state index in [0.29, 0.717) is 12.6 Å². The molecule has 0 saturated carbocycles. The van der Waals surface area contributed by atoms with E-state index >= 15 is 0 Å². The van der Waals surface area contributed by atoms with Crippen molar-refractivity contribution in [2.75, 3.05) is 26.8 Å². The Morgan fingerprint density at radius 1 is 1.19 bits per heavy atom. The van der Waals surface area contributed by atoms with Crippen molar-refractivity contribution in [2.24, 2.45) is 0 Å². The third-order valence-electron chi connectivity index (χ3n) is 5.09. The van der Waals surface area contributed by atoms with Crippen LogP contribution in [-0.2, 0) is 6.42 Å². The highest BCUT2D eigenvalue weighted by Gasteiger charge is 2.23. The first kappa shape index (κ1) is 18.7. The van der Waals surface area contributed by atoms with Crippen molar-refractivity contribution in [2.45, 2.75) is 45.1 Å². The SMILES string of the molecule is CCCc1ccc(OCCN2CCCC[C@H]2c2cccnc2)c(OC)c1. The van der Waals surface area contributed by atoms with Crippen LogP contribution in [0, 0.1) is 0 Å². The van der Waals surface area contributed by atoms with Crippen LogP contribution >= 0.6 is 0 Å². The van der Waals surface area contributed by atoms with Crippen LogP contribution in [0.1, 0.15) is 49.8 Å². The number of hydrogen-bond donors (Lipinski definition) is 0. The summed E-state index contributed by atoms with van der Waals surface area (Å²) in [5, 5.41) is 0. The van der Waals surface area contributed by atoms with Crippen molar-refractivity contribution >= 4 is 0 Å². The quantitative estimate of drug-likeness (QED) is 0.691. The molecule has 2 aromatic rings. The van der Waals surface area contributed by atoms with Gasteiger partial charge in [-0.25, -0.2) is 0 Å². The normalized spacial score (nSPS) is 17.8. The molecule has 1 aromatic heterocycles. The molecule has 4 heteroatoms. The molecule has 26 heavy (non-hydrogen) atoms. The number of nitrogens with zero attached hydrogens (tertiary/aromatic N) is 2. The van der Waals surface area contributed by atoms with Gasteiger partial charge in [0, 0.05) is 25.0 Å². The van der Waals surface area contributed by atoms with Gasteiger partial charge in [0.15, 0.2) is 11.5 Å². The van der Waals surface area contributed by atoms with Crippen LogP contribution in [0.2, 0.25) is 0 Å². The van der Waals surface area contributed by atoms with Crippen LogP contribution in [0.5, 0.6) is 11.5 Å². The van der Waals surface area contributed by atoms with Gasteiger partial charge < -0.3 is 9.47 Å². The van der Waals surface area contributed by atoms with Crippen molar-refractivity contribution in [3.8, 4) is 11.5 Å². The van der Waals surface area contributed by atoms with Gasteiger partial charge in [0.1, 0.15) is 6.61 Å². The van der Waals surface area contributed by atoms with Crippen LogP contribution in [0.3, 0.4) is 0 Å². The number of likely N-dealkylation sites (tertiary alicyclic amines) is 1. The summed E-state index contributed by atoms with van der Waals surface area (Å²) in [6.07, 6.45) is 9.77. The van der Waals surface area contributed by atoms with Crippen LogP contribution in [0.4, 0.5) is 0 Å². The number of hydrogen-bond acceptors (Lipinski definition) is 4. The number of pyridine rings is 1. The molecule has 0 bridgehead atoms. The minimum atomic E-state index is 0.454. The Morgan fingerprint density at radius 3 is 2.88 bits per heavy atom. The number of methoxy groups -OCH3 is 1. The molecule has 0 unspecified atom stereocenters. The molecular weight excluding hydrogens is 324 g/mol. The van der Waals surface area contributed by atoms with Crippen molar-refractivity contribution in [1.29, 1.82) is 0 Å². The minimum absolute atomic E-state index is 0.454. The zero-order valence-electron chi connectivity index (χ0n) is 16.0. The summed E-state index contributed by atoms with van der Waals surface area (Å²) in [4.78, 5) is 6.82. The molecule has 1 aliphatic heterocycles. The lowest BCUT2D eigenvalue weighted by molar-refractivity contribution is 0.122. The van der Waals surface area contributed by atoms with Gasteiger partial charge in [0.25, 0.3) is 0 Å². The molecule has 1 fully saturated rings. The fourth-order valence-corrected chi connectivity index (χ4v) is 3.76. The lowest BCUT2D eigenvalue weighted by Gasteiger charge is -2.35. The highest BCUT2D eigenvalue weighted by Crippen LogP contribution is 2.31. The average Bonchev–Trinajstić information content (AvgIpc) is 2.70. The second-order valence-corrected chi connectivity index (χ2v) is 6.92. The molecule has 1 aliphatic rings. The first-order valence-corrected chi connectivity index (χ1v) is 9.75. The number of rotatable bonds is 8. The highest BCUT2D eigenvalue weighted by molar-refractivity contribution is 5.43. The molecule has 140 valence electrons. The molecule has 2 heterocycles. The fourth-order valence-electron chi connectivity index (χ4n) is 3.76. The molecular formula is C22H30N2O2. The minimum Gasteiger partial charge on any atom is -0.493 e. The molecule has 0 aliphatic carbocycles. The number of ether oxygens (including phenoxy) is 2. The van der Waals surface area contributed by atoms with E-state index < -0.39 is 0 Å². The topological polar surface area (TPSA) is 34.6 Å². The molecule has 1 saturated heterocycles. The van der Waals surface area contributed by atoms with Gasteiger partial charge >= 0.3 is 0 Å². The zero-order valence-corrected chi connectivity index (χ0v) is 16.0. The number of aromatic nitrogens is 1. The highest BCUT2D eigenvalue weighted by atomic mass is 16.5. The molecule has 0 N–H and O–H groups in total. The van der Waals surface area contributed by atoms with E-state index in [0.717, 1.165) is 37.4 Å². The van der Waals surface area contributed by atoms with Gasteiger partial charge in [-0.3, -0.25) is 9.88 Å². The average molecular weight is 354 g/mol. The zero-order chi connectivity index (χ0) is 18.2. The predicted molar refractivity (Wildman–Crippen MR) is 105 cm³/mol. The van der Waals surface area contributed by atoms with E-state index in [4.69, 9.17) is 9.47 Å². The van der Waals surface area contributed by atoms with E-state index in [1.165, 1.54) is 30.4 Å². The fraction of sp³-hybridized carbons (Fsp3) is 0.500. The maximum atomic E-state index is 6.07. The van der Waals surface area contributed by atoms with E-state index in [1.54, 1.807) is 7.11 Å². The first-order chi connectivity index (χ1) is 12.8. The van der Waals surface area contributed by atoms with Crippen LogP contribution < -0.4 is 9.47 Å². The van der Waals surface area contributed by atoms with Crippen LogP contribution in [0.15, 0.2) is 42.7 Å². The summed E-state index contributed by atoms with van der Waals surface area (Å²) >= 11 is 0. The predicted octanol–water partition coefficient (Wildman–Crippen LogP) is 4.65. The Bertz CT molecular complexity index is 675. The van der Waals surface area contributed by atoms with Crippen molar-refractivity contribution < 1.29 is 9.47 Å². The second-order valence-electron chi connectivity index (χ2n) is 6.92. The molecule has 4 nitrogen and oxygen atoms in total. The number of piperidine rings is 1. The Kier molecular flexibility index (Phi) is 6.89. The van der Waals surface area contributed by atoms with E-state index in [-0.39, 0.29) is 0 Å². The maximum absolute atomic E-state index is 6.07. The van der Waals surface area contributed by atoms with Gasteiger partial charge in [-0.15, -0.1) is 0 Å². The summed E-state index contributed by atoms with van der Waals surface area (Å²) in [6, 6.07) is 10.9. The summed E-state index contributed by atoms with van der Waals surface area (Å²) in [6.45, 7) is 4.89. The number of benzene rings is 1. The summed E-state index contributed by atoms with van der Waals surface area (Å²) < 4.78 is 11.6. The third kappa shape index (κ3) is 4.76. The van der Waals surface area contributed by atoms with Crippen LogP contribution in [-0.4, -0.2) is 36.7 Å². The molecule has 1 atom stereocenters. The van der Waals surface area contributed by atoms with E-state index in [1.807, 2.05) is 24.5 Å². The first-order valence-electron chi connectivity index (χ1n) is 9.75. The smallest absolute Gasteiger partial charge is 0.161 e. The second kappa shape index (κ2) is 9.58. The third-order valence-corrected chi connectivity index (χ3v) is 5.09. The van der Waals surface area contributed by atoms with Crippen LogP contribution in [0.25, 0.3) is 0 Å². The van der Waals surface area contributed by atoms with Crippen molar-refractivity contribution in [3.05, 3.63) is 53.9 Å². The number of aryl methyl sites for hydroxylation is 1. The Balaban J connectivity index is 1.59. The Hall–Kier alpha value is -2.07. The van der Waals surface area contributed by atoms with Gasteiger partial charge in [-0.1, -0.05) is 31.9 Å². The molecule has 0 spiro atoms. The molecule has 3 rings (SSSR count). The molecule has 1 aromatic carbocycles. The summed E-state index contributed by atoms with van der Waals surface area (Å²) in [7, 11) is 1.71. The molecule has 0 amide bonds. The Morgan fingerprint density at radius 2 is 2.12 bits per heavy atom. The van der Waals surface area contributed by atoms with E-state index in [2.05, 4.69) is 35.0 Å². The van der Waals surface area contributed by atoms with Crippen molar-refractivity contribution in [1.82, 2.24) is 9.88 Å². The lowest BCUT2D eigenvalue weighted by Crippen LogP contribution is -2.36. The summed E-state index contributed by atoms with van der Waals surface area (Å²) in [5.74, 6) is 1.67. The van der Waals surface area contributed by atoms with Gasteiger partial charge in [0.2, 0.25) is 0 Å². The van der Waals surface area contributed by atoms with Crippen molar-refractivity contribution in [3.63, 3.8) is 0 Å². The van der Waals surface area contributed by atoms with Gasteiger partial charge in [-0.2, -0.15) is 0 Å². The summed E-state index contributed by atoms with van der Waals surface area (Å²) in [5.41, 5.74) is 2.61. The lowest BCUT2D eigenvalue weighted by atomic mass is 9.96. The van der Waals surface area contributed by atoms with Gasteiger partial charge in [-0.05, 0) is 55.1 Å². The largest absolute Gasteiger partial charge is 0.493 e. The Labute approximate surface area is 157 Å². The van der Waals surface area contributed by atoms with E-state index in [9.17, 15) is 0 Å². The monoisotopic (exact) mass is 354 g/mol.